The molecule has 21 heavy (non-hydrogen) atoms. The SMILES string of the molecule is CN(CCCOc1ccccc1)C(=O)c1ccc(Br)cn1. The predicted molar refractivity (Wildman–Crippen MR) is 85.5 cm³/mol. The summed E-state index contributed by atoms with van der Waals surface area (Å²) in [4.78, 5) is 17.9. The average Bonchev–Trinajstić information content (AvgIpc) is 2.52. The molecule has 2 rings (SSSR count). The lowest BCUT2D eigenvalue weighted by Crippen LogP contribution is -2.29. The quantitative estimate of drug-likeness (QED) is 0.751. The highest BCUT2D eigenvalue weighted by atomic mass is 79.9. The number of para-hydroxylation sites is 1. The van der Waals surface area contributed by atoms with Gasteiger partial charge in [0.25, 0.3) is 5.91 Å². The van der Waals surface area contributed by atoms with Crippen molar-refractivity contribution in [2.45, 2.75) is 6.42 Å². The van der Waals surface area contributed by atoms with Gasteiger partial charge in [-0.15, -0.1) is 0 Å². The highest BCUT2D eigenvalue weighted by Crippen LogP contribution is 2.10. The Kier molecular flexibility index (Phi) is 5.75. The van der Waals surface area contributed by atoms with Gasteiger partial charge >= 0.3 is 0 Å². The van der Waals surface area contributed by atoms with Gasteiger partial charge in [0.05, 0.1) is 6.61 Å². The zero-order valence-electron chi connectivity index (χ0n) is 11.8. The Bertz CT molecular complexity index is 573. The fourth-order valence-electron chi connectivity index (χ4n) is 1.81. The lowest BCUT2D eigenvalue weighted by molar-refractivity contribution is 0.0782. The zero-order chi connectivity index (χ0) is 15.1. The number of benzene rings is 1. The van der Waals surface area contributed by atoms with E-state index in [-0.39, 0.29) is 5.91 Å². The number of aromatic nitrogens is 1. The van der Waals surface area contributed by atoms with Crippen LogP contribution in [0.4, 0.5) is 0 Å². The molecule has 4 nitrogen and oxygen atoms in total. The van der Waals surface area contributed by atoms with E-state index >= 15 is 0 Å². The van der Waals surface area contributed by atoms with Crippen molar-refractivity contribution in [1.82, 2.24) is 9.88 Å². The molecule has 0 radical (unpaired) electrons. The van der Waals surface area contributed by atoms with Crippen LogP contribution in [0.25, 0.3) is 0 Å². The van der Waals surface area contributed by atoms with E-state index in [0.29, 0.717) is 18.8 Å². The predicted octanol–water partition coefficient (Wildman–Crippen LogP) is 3.39. The summed E-state index contributed by atoms with van der Waals surface area (Å²) in [5.74, 6) is 0.767. The van der Waals surface area contributed by atoms with Crippen LogP contribution in [-0.4, -0.2) is 36.0 Å². The standard InChI is InChI=1S/C16H17BrN2O2/c1-19(16(20)15-9-8-13(17)12-18-15)10-5-11-21-14-6-3-2-4-7-14/h2-4,6-9,12H,5,10-11H2,1H3. The number of rotatable bonds is 6. The number of halogens is 1. The first kappa shape index (κ1) is 15.5. The molecule has 1 aromatic heterocycles. The first-order valence-electron chi connectivity index (χ1n) is 6.71. The van der Waals surface area contributed by atoms with Crippen molar-refractivity contribution < 1.29 is 9.53 Å². The van der Waals surface area contributed by atoms with Crippen molar-refractivity contribution in [2.24, 2.45) is 0 Å². The van der Waals surface area contributed by atoms with Crippen molar-refractivity contribution in [3.8, 4) is 5.75 Å². The Morgan fingerprint density at radius 2 is 2.00 bits per heavy atom. The lowest BCUT2D eigenvalue weighted by atomic mass is 10.3. The zero-order valence-corrected chi connectivity index (χ0v) is 13.4. The first-order chi connectivity index (χ1) is 10.2. The molecular weight excluding hydrogens is 332 g/mol. The van der Waals surface area contributed by atoms with Crippen molar-refractivity contribution in [1.29, 1.82) is 0 Å². The van der Waals surface area contributed by atoms with Gasteiger partial charge in [0.15, 0.2) is 0 Å². The van der Waals surface area contributed by atoms with Crippen LogP contribution < -0.4 is 4.74 Å². The molecule has 0 aliphatic carbocycles. The number of hydrogen-bond acceptors (Lipinski definition) is 3. The molecule has 110 valence electrons. The smallest absolute Gasteiger partial charge is 0.272 e. The molecule has 0 bridgehead atoms. The topological polar surface area (TPSA) is 42.4 Å². The van der Waals surface area contributed by atoms with Crippen LogP contribution in [0.5, 0.6) is 5.75 Å². The minimum Gasteiger partial charge on any atom is -0.494 e. The summed E-state index contributed by atoms with van der Waals surface area (Å²) in [6.45, 7) is 1.21. The molecule has 2 aromatic rings. The van der Waals surface area contributed by atoms with Gasteiger partial charge in [-0.25, -0.2) is 4.98 Å². The van der Waals surface area contributed by atoms with Crippen molar-refractivity contribution in [3.05, 3.63) is 58.8 Å². The van der Waals surface area contributed by atoms with E-state index in [2.05, 4.69) is 20.9 Å². The van der Waals surface area contributed by atoms with Gasteiger partial charge in [-0.05, 0) is 46.6 Å². The maximum absolute atomic E-state index is 12.1. The molecule has 0 atom stereocenters. The van der Waals surface area contributed by atoms with E-state index in [9.17, 15) is 4.79 Å². The highest BCUT2D eigenvalue weighted by Gasteiger charge is 2.12. The Balaban J connectivity index is 1.75. The number of nitrogens with zero attached hydrogens (tertiary/aromatic N) is 2. The molecule has 5 heteroatoms. The van der Waals surface area contributed by atoms with Crippen LogP contribution in [-0.2, 0) is 0 Å². The summed E-state index contributed by atoms with van der Waals surface area (Å²) >= 11 is 3.30. The van der Waals surface area contributed by atoms with Gasteiger partial charge in [0, 0.05) is 24.3 Å². The van der Waals surface area contributed by atoms with Gasteiger partial charge in [0.1, 0.15) is 11.4 Å². The van der Waals surface area contributed by atoms with E-state index in [1.54, 1.807) is 24.2 Å². The van der Waals surface area contributed by atoms with E-state index in [4.69, 9.17) is 4.74 Å². The van der Waals surface area contributed by atoms with Crippen LogP contribution in [0.15, 0.2) is 53.1 Å². The molecule has 1 aromatic carbocycles. The number of hydrogen-bond donors (Lipinski definition) is 0. The maximum atomic E-state index is 12.1. The number of pyridine rings is 1. The molecule has 1 heterocycles. The van der Waals surface area contributed by atoms with Gasteiger partial charge in [-0.3, -0.25) is 4.79 Å². The normalized spacial score (nSPS) is 10.2. The highest BCUT2D eigenvalue weighted by molar-refractivity contribution is 9.10. The van der Waals surface area contributed by atoms with E-state index < -0.39 is 0 Å². The second-order valence-electron chi connectivity index (χ2n) is 4.60. The van der Waals surface area contributed by atoms with Crippen LogP contribution in [0, 0.1) is 0 Å². The van der Waals surface area contributed by atoms with Crippen molar-refractivity contribution in [2.75, 3.05) is 20.2 Å². The molecule has 0 saturated heterocycles. The molecule has 0 aliphatic heterocycles. The van der Waals surface area contributed by atoms with Gasteiger partial charge in [-0.2, -0.15) is 0 Å². The summed E-state index contributed by atoms with van der Waals surface area (Å²) in [6.07, 6.45) is 2.40. The molecule has 0 spiro atoms. The number of ether oxygens (including phenoxy) is 1. The summed E-state index contributed by atoms with van der Waals surface area (Å²) in [5.41, 5.74) is 0.449. The van der Waals surface area contributed by atoms with E-state index in [0.717, 1.165) is 16.6 Å². The summed E-state index contributed by atoms with van der Waals surface area (Å²) in [6, 6.07) is 13.2. The lowest BCUT2D eigenvalue weighted by Gasteiger charge is -2.16. The summed E-state index contributed by atoms with van der Waals surface area (Å²) in [7, 11) is 1.77. The Hall–Kier alpha value is -1.88. The number of carbonyl (C=O) groups is 1. The molecule has 1 amide bonds. The second kappa shape index (κ2) is 7.78. The van der Waals surface area contributed by atoms with Crippen molar-refractivity contribution in [3.63, 3.8) is 0 Å². The van der Waals surface area contributed by atoms with Gasteiger partial charge in [-0.1, -0.05) is 18.2 Å². The minimum atomic E-state index is -0.0813. The van der Waals surface area contributed by atoms with E-state index in [1.807, 2.05) is 36.4 Å². The molecule has 0 saturated carbocycles. The van der Waals surface area contributed by atoms with Crippen LogP contribution in [0.1, 0.15) is 16.9 Å². The van der Waals surface area contributed by atoms with Crippen LogP contribution >= 0.6 is 15.9 Å². The number of amides is 1. The average molecular weight is 349 g/mol. The Morgan fingerprint density at radius 1 is 1.24 bits per heavy atom. The Labute approximate surface area is 132 Å². The third-order valence-corrected chi connectivity index (χ3v) is 3.41. The van der Waals surface area contributed by atoms with Crippen LogP contribution in [0.3, 0.4) is 0 Å². The molecule has 0 unspecified atom stereocenters. The summed E-state index contributed by atoms with van der Waals surface area (Å²) in [5, 5.41) is 0. The van der Waals surface area contributed by atoms with Crippen LogP contribution in [0.2, 0.25) is 0 Å². The van der Waals surface area contributed by atoms with Gasteiger partial charge in [0.2, 0.25) is 0 Å². The fraction of sp³-hybridized carbons (Fsp3) is 0.250. The Morgan fingerprint density at radius 3 is 2.67 bits per heavy atom. The fourth-order valence-corrected chi connectivity index (χ4v) is 2.04. The van der Waals surface area contributed by atoms with Gasteiger partial charge < -0.3 is 9.64 Å². The molecule has 0 aliphatic rings. The maximum Gasteiger partial charge on any atom is 0.272 e. The first-order valence-corrected chi connectivity index (χ1v) is 7.51. The van der Waals surface area contributed by atoms with Crippen molar-refractivity contribution >= 4 is 21.8 Å². The molecule has 0 N–H and O–H groups in total. The monoisotopic (exact) mass is 348 g/mol. The molecular formula is C16H17BrN2O2. The largest absolute Gasteiger partial charge is 0.494 e. The summed E-state index contributed by atoms with van der Waals surface area (Å²) < 4.78 is 6.46. The minimum absolute atomic E-state index is 0.0813. The molecule has 0 fully saturated rings. The third-order valence-electron chi connectivity index (χ3n) is 2.94. The van der Waals surface area contributed by atoms with E-state index in [1.165, 1.54) is 0 Å². The second-order valence-corrected chi connectivity index (χ2v) is 5.52. The number of carbonyl (C=O) groups excluding carboxylic acids is 1. The third kappa shape index (κ3) is 4.86.